The lowest BCUT2D eigenvalue weighted by molar-refractivity contribution is -0.122. The van der Waals surface area contributed by atoms with E-state index in [2.05, 4.69) is 5.32 Å². The summed E-state index contributed by atoms with van der Waals surface area (Å²) in [5.41, 5.74) is 0.00409. The van der Waals surface area contributed by atoms with Crippen molar-refractivity contribution in [1.29, 1.82) is 0 Å². The number of nitrogens with zero attached hydrogens (tertiary/aromatic N) is 1. The SMILES string of the molecule is CN1CC(CCNC(=O)CC(C)(C)C)OC1=O. The quantitative estimate of drug-likeness (QED) is 0.810. The molecule has 1 aliphatic heterocycles. The minimum absolute atomic E-state index is 0.00409. The van der Waals surface area contributed by atoms with Crippen molar-refractivity contribution in [3.8, 4) is 0 Å². The standard InChI is InChI=1S/C12H22N2O3/c1-12(2,3)7-10(15)13-6-5-9-8-14(4)11(16)17-9/h9H,5-8H2,1-4H3,(H,13,15). The molecule has 1 aliphatic rings. The van der Waals surface area contributed by atoms with Crippen LogP contribution in [0.1, 0.15) is 33.6 Å². The second kappa shape index (κ2) is 5.38. The maximum atomic E-state index is 11.5. The summed E-state index contributed by atoms with van der Waals surface area (Å²) in [5, 5.41) is 2.85. The molecule has 1 rings (SSSR count). The lowest BCUT2D eigenvalue weighted by atomic mass is 9.92. The summed E-state index contributed by atoms with van der Waals surface area (Å²) in [6.07, 6.45) is 0.807. The largest absolute Gasteiger partial charge is 0.444 e. The van der Waals surface area contributed by atoms with Crippen LogP contribution in [0.25, 0.3) is 0 Å². The molecule has 98 valence electrons. The normalized spacial score (nSPS) is 20.4. The molecule has 1 heterocycles. The smallest absolute Gasteiger partial charge is 0.409 e. The third-order valence-electron chi connectivity index (χ3n) is 2.54. The zero-order valence-electron chi connectivity index (χ0n) is 11.1. The molecule has 0 aliphatic carbocycles. The molecule has 2 amide bonds. The van der Waals surface area contributed by atoms with Gasteiger partial charge in [-0.1, -0.05) is 20.8 Å². The van der Waals surface area contributed by atoms with Gasteiger partial charge in [0.05, 0.1) is 6.54 Å². The van der Waals surface area contributed by atoms with E-state index in [9.17, 15) is 9.59 Å². The molecule has 5 heteroatoms. The molecule has 0 radical (unpaired) electrons. The fourth-order valence-electron chi connectivity index (χ4n) is 1.72. The highest BCUT2D eigenvalue weighted by atomic mass is 16.6. The molecule has 1 saturated heterocycles. The van der Waals surface area contributed by atoms with Gasteiger partial charge in [-0.2, -0.15) is 0 Å². The van der Waals surface area contributed by atoms with E-state index in [0.29, 0.717) is 25.9 Å². The van der Waals surface area contributed by atoms with E-state index >= 15 is 0 Å². The van der Waals surface area contributed by atoms with Gasteiger partial charge in [-0.15, -0.1) is 0 Å². The van der Waals surface area contributed by atoms with Crippen molar-refractivity contribution >= 4 is 12.0 Å². The maximum Gasteiger partial charge on any atom is 0.409 e. The topological polar surface area (TPSA) is 58.6 Å². The molecule has 0 aromatic heterocycles. The van der Waals surface area contributed by atoms with Crippen LogP contribution in [0.5, 0.6) is 0 Å². The van der Waals surface area contributed by atoms with Gasteiger partial charge in [0, 0.05) is 26.4 Å². The van der Waals surface area contributed by atoms with Gasteiger partial charge >= 0.3 is 6.09 Å². The van der Waals surface area contributed by atoms with Crippen molar-refractivity contribution in [2.24, 2.45) is 5.41 Å². The van der Waals surface area contributed by atoms with Crippen LogP contribution in [-0.4, -0.2) is 43.1 Å². The first-order valence-corrected chi connectivity index (χ1v) is 5.96. The van der Waals surface area contributed by atoms with E-state index in [-0.39, 0.29) is 23.5 Å². The minimum Gasteiger partial charge on any atom is -0.444 e. The molecule has 0 bridgehead atoms. The molecule has 1 fully saturated rings. The Bertz CT molecular complexity index is 297. The number of hydrogen-bond donors (Lipinski definition) is 1. The summed E-state index contributed by atoms with van der Waals surface area (Å²) in [6.45, 7) is 7.25. The molecule has 1 atom stereocenters. The average molecular weight is 242 g/mol. The molecule has 0 spiro atoms. The van der Waals surface area contributed by atoms with Crippen LogP contribution in [0, 0.1) is 5.41 Å². The Kier molecular flexibility index (Phi) is 4.37. The molecule has 1 N–H and O–H groups in total. The Balaban J connectivity index is 2.16. The first-order chi connectivity index (χ1) is 7.78. The third kappa shape index (κ3) is 5.06. The second-order valence-electron chi connectivity index (χ2n) is 5.76. The fourth-order valence-corrected chi connectivity index (χ4v) is 1.72. The number of hydrogen-bond acceptors (Lipinski definition) is 3. The van der Waals surface area contributed by atoms with Gasteiger partial charge in [-0.25, -0.2) is 4.79 Å². The van der Waals surface area contributed by atoms with Crippen LogP contribution in [0.4, 0.5) is 4.79 Å². The predicted octanol–water partition coefficient (Wildman–Crippen LogP) is 1.38. The summed E-state index contributed by atoms with van der Waals surface area (Å²) in [4.78, 5) is 24.2. The highest BCUT2D eigenvalue weighted by Crippen LogP contribution is 2.18. The molecule has 0 aromatic rings. The Hall–Kier alpha value is -1.26. The highest BCUT2D eigenvalue weighted by Gasteiger charge is 2.27. The zero-order chi connectivity index (χ0) is 13.1. The summed E-state index contributed by atoms with van der Waals surface area (Å²) in [6, 6.07) is 0. The van der Waals surface area contributed by atoms with Crippen molar-refractivity contribution in [3.63, 3.8) is 0 Å². The highest BCUT2D eigenvalue weighted by molar-refractivity contribution is 5.76. The predicted molar refractivity (Wildman–Crippen MR) is 64.6 cm³/mol. The zero-order valence-corrected chi connectivity index (χ0v) is 11.1. The van der Waals surface area contributed by atoms with E-state index < -0.39 is 0 Å². The third-order valence-corrected chi connectivity index (χ3v) is 2.54. The number of likely N-dealkylation sites (N-methyl/N-ethyl adjacent to an activating group) is 1. The van der Waals surface area contributed by atoms with Crippen LogP contribution >= 0.6 is 0 Å². The van der Waals surface area contributed by atoms with Crippen molar-refractivity contribution in [1.82, 2.24) is 10.2 Å². The van der Waals surface area contributed by atoms with E-state index in [1.54, 1.807) is 11.9 Å². The van der Waals surface area contributed by atoms with Crippen LogP contribution in [-0.2, 0) is 9.53 Å². The first kappa shape index (κ1) is 13.8. The summed E-state index contributed by atoms with van der Waals surface area (Å²) in [7, 11) is 1.71. The molecular weight excluding hydrogens is 220 g/mol. The van der Waals surface area contributed by atoms with E-state index in [1.807, 2.05) is 20.8 Å². The molecule has 0 saturated carbocycles. The van der Waals surface area contributed by atoms with Crippen molar-refractivity contribution in [2.45, 2.75) is 39.7 Å². The number of carbonyl (C=O) groups excluding carboxylic acids is 2. The van der Waals surface area contributed by atoms with Gasteiger partial charge in [0.15, 0.2) is 0 Å². The first-order valence-electron chi connectivity index (χ1n) is 5.96. The number of cyclic esters (lactones) is 1. The maximum absolute atomic E-state index is 11.5. The summed E-state index contributed by atoms with van der Waals surface area (Å²) >= 11 is 0. The average Bonchev–Trinajstić information content (AvgIpc) is 2.43. The molecule has 5 nitrogen and oxygen atoms in total. The van der Waals surface area contributed by atoms with Crippen LogP contribution in [0.2, 0.25) is 0 Å². The Labute approximate surface area is 102 Å². The Morgan fingerprint density at radius 1 is 1.53 bits per heavy atom. The number of amides is 2. The summed E-state index contributed by atoms with van der Waals surface area (Å²) < 4.78 is 5.09. The lowest BCUT2D eigenvalue weighted by Gasteiger charge is -2.17. The van der Waals surface area contributed by atoms with Gasteiger partial charge in [0.1, 0.15) is 6.10 Å². The second-order valence-corrected chi connectivity index (χ2v) is 5.76. The van der Waals surface area contributed by atoms with Crippen molar-refractivity contribution in [2.75, 3.05) is 20.1 Å². The number of carbonyl (C=O) groups is 2. The monoisotopic (exact) mass is 242 g/mol. The molecular formula is C12H22N2O3. The van der Waals surface area contributed by atoms with Gasteiger partial charge < -0.3 is 15.0 Å². The summed E-state index contributed by atoms with van der Waals surface area (Å²) in [5.74, 6) is 0.0511. The van der Waals surface area contributed by atoms with Crippen LogP contribution < -0.4 is 5.32 Å². The molecule has 0 aromatic carbocycles. The number of ether oxygens (including phenoxy) is 1. The van der Waals surface area contributed by atoms with Gasteiger partial charge in [0.2, 0.25) is 5.91 Å². The van der Waals surface area contributed by atoms with Gasteiger partial charge in [-0.05, 0) is 5.41 Å². The van der Waals surface area contributed by atoms with Crippen LogP contribution in [0.15, 0.2) is 0 Å². The molecule has 1 unspecified atom stereocenters. The van der Waals surface area contributed by atoms with Crippen LogP contribution in [0.3, 0.4) is 0 Å². The van der Waals surface area contributed by atoms with Crippen molar-refractivity contribution in [3.05, 3.63) is 0 Å². The van der Waals surface area contributed by atoms with Gasteiger partial charge in [0.25, 0.3) is 0 Å². The Morgan fingerprint density at radius 3 is 2.65 bits per heavy atom. The lowest BCUT2D eigenvalue weighted by Crippen LogP contribution is -2.30. The van der Waals surface area contributed by atoms with E-state index in [4.69, 9.17) is 4.74 Å². The minimum atomic E-state index is -0.281. The van der Waals surface area contributed by atoms with E-state index in [0.717, 1.165) is 0 Å². The number of nitrogens with one attached hydrogen (secondary N) is 1. The van der Waals surface area contributed by atoms with E-state index in [1.165, 1.54) is 0 Å². The number of rotatable bonds is 4. The van der Waals surface area contributed by atoms with Crippen molar-refractivity contribution < 1.29 is 14.3 Å². The fraction of sp³-hybridized carbons (Fsp3) is 0.833. The van der Waals surface area contributed by atoms with Gasteiger partial charge in [-0.3, -0.25) is 4.79 Å². The molecule has 17 heavy (non-hydrogen) atoms. The Morgan fingerprint density at radius 2 is 2.18 bits per heavy atom.